The van der Waals surface area contributed by atoms with Gasteiger partial charge in [-0.2, -0.15) is 5.26 Å². The zero-order valence-electron chi connectivity index (χ0n) is 12.4. The third-order valence-corrected chi connectivity index (χ3v) is 4.02. The predicted molar refractivity (Wildman–Crippen MR) is 87.1 cm³/mol. The Bertz CT molecular complexity index is 709. The minimum absolute atomic E-state index is 0.308. The maximum Gasteiger partial charge on any atom is 0.115 e. The van der Waals surface area contributed by atoms with Gasteiger partial charge in [0.2, 0.25) is 0 Å². The molecule has 1 heterocycles. The number of nitriles is 1. The number of phenols is 1. The molecule has 110 valence electrons. The van der Waals surface area contributed by atoms with Gasteiger partial charge in [0, 0.05) is 19.6 Å². The van der Waals surface area contributed by atoms with Gasteiger partial charge in [-0.15, -0.1) is 0 Å². The van der Waals surface area contributed by atoms with E-state index >= 15 is 0 Å². The molecule has 0 fully saturated rings. The maximum absolute atomic E-state index is 9.35. The van der Waals surface area contributed by atoms with E-state index in [1.807, 2.05) is 36.4 Å². The first kappa shape index (κ1) is 14.4. The molecular weight excluding hydrogens is 272 g/mol. The molecule has 2 aromatic carbocycles. The van der Waals surface area contributed by atoms with Crippen molar-refractivity contribution in [2.75, 3.05) is 13.1 Å². The van der Waals surface area contributed by atoms with Crippen molar-refractivity contribution in [2.24, 2.45) is 0 Å². The van der Waals surface area contributed by atoms with Crippen LogP contribution in [0.3, 0.4) is 0 Å². The molecule has 22 heavy (non-hydrogen) atoms. The molecule has 0 radical (unpaired) electrons. The Hall–Kier alpha value is -2.57. The van der Waals surface area contributed by atoms with Crippen molar-refractivity contribution >= 4 is 5.57 Å². The number of rotatable bonds is 3. The van der Waals surface area contributed by atoms with E-state index in [1.54, 1.807) is 12.1 Å². The average Bonchev–Trinajstić information content (AvgIpc) is 2.57. The molecule has 1 N–H and O–H groups in total. The third kappa shape index (κ3) is 3.36. The third-order valence-electron chi connectivity index (χ3n) is 4.02. The summed E-state index contributed by atoms with van der Waals surface area (Å²) in [5.41, 5.74) is 4.48. The maximum atomic E-state index is 9.35. The number of benzene rings is 2. The lowest BCUT2D eigenvalue weighted by Gasteiger charge is -2.26. The van der Waals surface area contributed by atoms with Crippen molar-refractivity contribution in [3.63, 3.8) is 0 Å². The SMILES string of the molecule is N#Cc1ccc(CN2CC=C(c3ccc(O)cc3)CC2)cc1. The summed E-state index contributed by atoms with van der Waals surface area (Å²) in [5.74, 6) is 0.308. The van der Waals surface area contributed by atoms with Crippen LogP contribution in [0.5, 0.6) is 5.75 Å². The van der Waals surface area contributed by atoms with Crippen LogP contribution in [0.25, 0.3) is 5.57 Å². The van der Waals surface area contributed by atoms with Gasteiger partial charge in [0.15, 0.2) is 0 Å². The van der Waals surface area contributed by atoms with E-state index in [4.69, 9.17) is 5.26 Å². The second-order valence-corrected chi connectivity index (χ2v) is 5.57. The Morgan fingerprint density at radius 1 is 1.05 bits per heavy atom. The summed E-state index contributed by atoms with van der Waals surface area (Å²) in [7, 11) is 0. The normalized spacial score (nSPS) is 15.1. The van der Waals surface area contributed by atoms with Gasteiger partial charge in [-0.1, -0.05) is 30.3 Å². The molecular formula is C19H18N2O. The van der Waals surface area contributed by atoms with Crippen LogP contribution in [0.4, 0.5) is 0 Å². The second-order valence-electron chi connectivity index (χ2n) is 5.57. The Kier molecular flexibility index (Phi) is 4.22. The molecule has 0 amide bonds. The molecule has 0 atom stereocenters. The molecule has 1 aliphatic heterocycles. The van der Waals surface area contributed by atoms with Crippen molar-refractivity contribution < 1.29 is 5.11 Å². The molecule has 0 saturated carbocycles. The summed E-state index contributed by atoms with van der Waals surface area (Å²) in [6.07, 6.45) is 3.28. The van der Waals surface area contributed by atoms with Gasteiger partial charge < -0.3 is 5.11 Å². The summed E-state index contributed by atoms with van der Waals surface area (Å²) < 4.78 is 0. The molecule has 1 aliphatic rings. The number of nitrogens with zero attached hydrogens (tertiary/aromatic N) is 2. The van der Waals surface area contributed by atoms with E-state index in [2.05, 4.69) is 17.0 Å². The number of phenolic OH excluding ortho intramolecular Hbond substituents is 1. The lowest BCUT2D eigenvalue weighted by atomic mass is 9.99. The average molecular weight is 290 g/mol. The molecule has 0 aliphatic carbocycles. The Morgan fingerprint density at radius 2 is 1.77 bits per heavy atom. The van der Waals surface area contributed by atoms with Crippen LogP contribution in [0.1, 0.15) is 23.1 Å². The second kappa shape index (κ2) is 6.46. The first-order valence-electron chi connectivity index (χ1n) is 7.44. The zero-order chi connectivity index (χ0) is 15.4. The van der Waals surface area contributed by atoms with Crippen molar-refractivity contribution in [3.8, 4) is 11.8 Å². The van der Waals surface area contributed by atoms with E-state index < -0.39 is 0 Å². The van der Waals surface area contributed by atoms with Crippen molar-refractivity contribution in [2.45, 2.75) is 13.0 Å². The largest absolute Gasteiger partial charge is 0.508 e. The molecule has 0 spiro atoms. The van der Waals surface area contributed by atoms with E-state index in [1.165, 1.54) is 16.7 Å². The number of hydrogen-bond acceptors (Lipinski definition) is 3. The predicted octanol–water partition coefficient (Wildman–Crippen LogP) is 3.55. The van der Waals surface area contributed by atoms with E-state index in [9.17, 15) is 5.11 Å². The van der Waals surface area contributed by atoms with Crippen LogP contribution < -0.4 is 0 Å². The Morgan fingerprint density at radius 3 is 2.36 bits per heavy atom. The molecule has 0 bridgehead atoms. The number of hydrogen-bond donors (Lipinski definition) is 1. The lowest BCUT2D eigenvalue weighted by molar-refractivity contribution is 0.294. The summed E-state index contributed by atoms with van der Waals surface area (Å²) in [5, 5.41) is 18.2. The quantitative estimate of drug-likeness (QED) is 0.940. The van der Waals surface area contributed by atoms with Crippen LogP contribution in [0.15, 0.2) is 54.6 Å². The molecule has 3 rings (SSSR count). The first-order chi connectivity index (χ1) is 10.7. The summed E-state index contributed by atoms with van der Waals surface area (Å²) >= 11 is 0. The topological polar surface area (TPSA) is 47.3 Å². The molecule has 2 aromatic rings. The highest BCUT2D eigenvalue weighted by atomic mass is 16.3. The van der Waals surface area contributed by atoms with Gasteiger partial charge in [0.1, 0.15) is 5.75 Å². The number of aromatic hydroxyl groups is 1. The molecule has 0 unspecified atom stereocenters. The fourth-order valence-electron chi connectivity index (χ4n) is 2.74. The van der Waals surface area contributed by atoms with E-state index in [0.29, 0.717) is 11.3 Å². The first-order valence-corrected chi connectivity index (χ1v) is 7.44. The van der Waals surface area contributed by atoms with E-state index in [-0.39, 0.29) is 0 Å². The van der Waals surface area contributed by atoms with Gasteiger partial charge in [-0.25, -0.2) is 0 Å². The summed E-state index contributed by atoms with van der Waals surface area (Å²) in [6.45, 7) is 2.86. The monoisotopic (exact) mass is 290 g/mol. The van der Waals surface area contributed by atoms with Crippen molar-refractivity contribution in [1.29, 1.82) is 5.26 Å². The van der Waals surface area contributed by atoms with Crippen LogP contribution in [0, 0.1) is 11.3 Å². The van der Waals surface area contributed by atoms with Crippen molar-refractivity contribution in [3.05, 3.63) is 71.3 Å². The highest BCUT2D eigenvalue weighted by Gasteiger charge is 2.13. The lowest BCUT2D eigenvalue weighted by Crippen LogP contribution is -2.27. The van der Waals surface area contributed by atoms with Gasteiger partial charge in [-0.3, -0.25) is 4.90 Å². The van der Waals surface area contributed by atoms with Gasteiger partial charge >= 0.3 is 0 Å². The standard InChI is InChI=1S/C19H18N2O/c20-13-15-1-3-16(4-2-15)14-21-11-9-18(10-12-21)17-5-7-19(22)8-6-17/h1-9,22H,10-12,14H2. The molecule has 3 nitrogen and oxygen atoms in total. The summed E-state index contributed by atoms with van der Waals surface area (Å²) in [6, 6.07) is 17.4. The highest BCUT2D eigenvalue weighted by Crippen LogP contribution is 2.24. The van der Waals surface area contributed by atoms with Crippen LogP contribution in [-0.2, 0) is 6.54 Å². The van der Waals surface area contributed by atoms with Crippen LogP contribution >= 0.6 is 0 Å². The van der Waals surface area contributed by atoms with Crippen LogP contribution in [0.2, 0.25) is 0 Å². The fourth-order valence-corrected chi connectivity index (χ4v) is 2.74. The summed E-state index contributed by atoms with van der Waals surface area (Å²) in [4.78, 5) is 2.39. The van der Waals surface area contributed by atoms with Gasteiger partial charge in [0.25, 0.3) is 0 Å². The highest BCUT2D eigenvalue weighted by molar-refractivity contribution is 5.67. The minimum atomic E-state index is 0.308. The van der Waals surface area contributed by atoms with Crippen molar-refractivity contribution in [1.82, 2.24) is 4.90 Å². The van der Waals surface area contributed by atoms with Gasteiger partial charge in [0.05, 0.1) is 11.6 Å². The zero-order valence-corrected chi connectivity index (χ0v) is 12.4. The van der Waals surface area contributed by atoms with Crippen LogP contribution in [-0.4, -0.2) is 23.1 Å². The molecule has 0 saturated heterocycles. The van der Waals surface area contributed by atoms with Gasteiger partial charge in [-0.05, 0) is 47.4 Å². The van der Waals surface area contributed by atoms with E-state index in [0.717, 1.165) is 26.1 Å². The fraction of sp³-hybridized carbons (Fsp3) is 0.211. The minimum Gasteiger partial charge on any atom is -0.508 e. The smallest absolute Gasteiger partial charge is 0.115 e. The Balaban J connectivity index is 1.63. The molecule has 0 aromatic heterocycles. The Labute approximate surface area is 130 Å². The molecule has 3 heteroatoms.